The maximum absolute atomic E-state index is 12.6. The van der Waals surface area contributed by atoms with Gasteiger partial charge in [0.1, 0.15) is 5.75 Å². The number of halogens is 1. The van der Waals surface area contributed by atoms with Gasteiger partial charge < -0.3 is 20.6 Å². The molecule has 1 aromatic heterocycles. The number of nitrogens with two attached hydrogens (primary N) is 1. The molecule has 128 valence electrons. The number of pyridine rings is 1. The van der Waals surface area contributed by atoms with Crippen LogP contribution in [0.15, 0.2) is 42.6 Å². The predicted molar refractivity (Wildman–Crippen MR) is 95.6 cm³/mol. The smallest absolute Gasteiger partial charge is 0.254 e. The molecule has 7 heteroatoms. The maximum Gasteiger partial charge on any atom is 0.254 e. The third-order valence-corrected chi connectivity index (χ3v) is 4.06. The molecule has 3 N–H and O–H groups in total. The van der Waals surface area contributed by atoms with Gasteiger partial charge in [-0.05, 0) is 24.3 Å². The zero-order valence-corrected chi connectivity index (χ0v) is 14.1. The summed E-state index contributed by atoms with van der Waals surface area (Å²) in [5.74, 6) is 0.271. The molecule has 0 unspecified atom stereocenters. The molecule has 0 bridgehead atoms. The van der Waals surface area contributed by atoms with Crippen molar-refractivity contribution in [3.63, 3.8) is 0 Å². The number of amides is 1. The third kappa shape index (κ3) is 3.77. The van der Waals surface area contributed by atoms with Crippen LogP contribution in [0, 0.1) is 0 Å². The fraction of sp³-hybridized carbons (Fsp3) is 0.294. The minimum atomic E-state index is -0.000895. The molecule has 0 spiro atoms. The van der Waals surface area contributed by atoms with E-state index in [1.54, 1.807) is 30.5 Å². The predicted octanol–water partition coefficient (Wildman–Crippen LogP) is 1.63. The number of phenols is 1. The van der Waals surface area contributed by atoms with Gasteiger partial charge in [-0.2, -0.15) is 0 Å². The number of benzene rings is 1. The highest BCUT2D eigenvalue weighted by atomic mass is 35.5. The molecule has 0 saturated carbocycles. The van der Waals surface area contributed by atoms with Crippen molar-refractivity contribution in [3.05, 3.63) is 53.9 Å². The Morgan fingerprint density at radius 2 is 1.88 bits per heavy atom. The van der Waals surface area contributed by atoms with Crippen molar-refractivity contribution in [1.29, 1.82) is 0 Å². The lowest BCUT2D eigenvalue weighted by molar-refractivity contribution is 0.0746. The monoisotopic (exact) mass is 348 g/mol. The molecule has 24 heavy (non-hydrogen) atoms. The van der Waals surface area contributed by atoms with E-state index in [9.17, 15) is 9.90 Å². The first-order valence-corrected chi connectivity index (χ1v) is 7.66. The normalized spacial score (nSPS) is 14.2. The fourth-order valence-electron chi connectivity index (χ4n) is 2.79. The first-order valence-electron chi connectivity index (χ1n) is 7.66. The zero-order valence-electron chi connectivity index (χ0n) is 13.3. The summed E-state index contributed by atoms with van der Waals surface area (Å²) in [4.78, 5) is 20.6. The second kappa shape index (κ2) is 7.99. The number of phenolic OH excluding ortho intramolecular Hbond substituents is 1. The number of hydrogen-bond donors (Lipinski definition) is 2. The Balaban J connectivity index is 0.00000208. The molecular weight excluding hydrogens is 328 g/mol. The summed E-state index contributed by atoms with van der Waals surface area (Å²) in [6, 6.07) is 10.7. The third-order valence-electron chi connectivity index (χ3n) is 4.06. The van der Waals surface area contributed by atoms with Crippen LogP contribution in [0.4, 0.5) is 5.69 Å². The van der Waals surface area contributed by atoms with Crippen LogP contribution in [0.2, 0.25) is 0 Å². The highest BCUT2D eigenvalue weighted by Crippen LogP contribution is 2.27. The average Bonchev–Trinajstić information content (AvgIpc) is 2.62. The Kier molecular flexibility index (Phi) is 6.00. The van der Waals surface area contributed by atoms with Crippen LogP contribution in [0.25, 0.3) is 0 Å². The number of para-hydroxylation sites is 2. The van der Waals surface area contributed by atoms with E-state index in [0.717, 1.165) is 5.69 Å². The molecule has 0 aliphatic carbocycles. The largest absolute Gasteiger partial charge is 0.506 e. The quantitative estimate of drug-likeness (QED) is 0.881. The van der Waals surface area contributed by atoms with Crippen LogP contribution in [-0.4, -0.2) is 47.1 Å². The Morgan fingerprint density at radius 1 is 1.17 bits per heavy atom. The molecule has 6 nitrogen and oxygen atoms in total. The van der Waals surface area contributed by atoms with E-state index >= 15 is 0 Å². The Labute approximate surface area is 147 Å². The van der Waals surface area contributed by atoms with Gasteiger partial charge in [-0.1, -0.05) is 12.1 Å². The molecule has 1 aliphatic heterocycles. The van der Waals surface area contributed by atoms with Gasteiger partial charge in [0, 0.05) is 44.5 Å². The van der Waals surface area contributed by atoms with Crippen molar-refractivity contribution in [2.24, 2.45) is 5.73 Å². The summed E-state index contributed by atoms with van der Waals surface area (Å²) >= 11 is 0. The van der Waals surface area contributed by atoms with Crippen LogP contribution in [0.3, 0.4) is 0 Å². The van der Waals surface area contributed by atoms with Crippen molar-refractivity contribution in [2.45, 2.75) is 6.54 Å². The van der Waals surface area contributed by atoms with E-state index in [1.165, 1.54) is 0 Å². The number of carbonyl (C=O) groups excluding carboxylic acids is 1. The minimum absolute atomic E-state index is 0. The molecule has 1 aromatic carbocycles. The number of nitrogens with zero attached hydrogens (tertiary/aromatic N) is 3. The van der Waals surface area contributed by atoms with E-state index in [4.69, 9.17) is 5.73 Å². The van der Waals surface area contributed by atoms with Crippen LogP contribution < -0.4 is 10.6 Å². The number of rotatable bonds is 3. The second-order valence-electron chi connectivity index (χ2n) is 5.51. The van der Waals surface area contributed by atoms with Crippen LogP contribution in [0.5, 0.6) is 5.75 Å². The number of carbonyl (C=O) groups is 1. The minimum Gasteiger partial charge on any atom is -0.506 e. The number of piperazine rings is 1. The summed E-state index contributed by atoms with van der Waals surface area (Å²) in [5.41, 5.74) is 7.72. The standard InChI is InChI=1S/C17H20N4O2.ClH/c18-12-14-11-13(5-6-19-14)17(23)21-9-7-20(8-10-21)15-3-1-2-4-16(15)22;/h1-6,11,22H,7-10,12,18H2;1H. The van der Waals surface area contributed by atoms with Gasteiger partial charge in [-0.25, -0.2) is 0 Å². The Morgan fingerprint density at radius 3 is 2.54 bits per heavy atom. The van der Waals surface area contributed by atoms with Crippen LogP contribution in [0.1, 0.15) is 16.1 Å². The number of aromatic nitrogens is 1. The van der Waals surface area contributed by atoms with E-state index in [-0.39, 0.29) is 24.1 Å². The number of hydrogen-bond acceptors (Lipinski definition) is 5. The lowest BCUT2D eigenvalue weighted by atomic mass is 10.1. The molecule has 1 saturated heterocycles. The molecule has 2 aromatic rings. The van der Waals surface area contributed by atoms with Gasteiger partial charge in [-0.15, -0.1) is 12.4 Å². The van der Waals surface area contributed by atoms with Gasteiger partial charge in [0.15, 0.2) is 0 Å². The molecule has 0 atom stereocenters. The number of anilines is 1. The molecule has 2 heterocycles. The fourth-order valence-corrected chi connectivity index (χ4v) is 2.79. The second-order valence-corrected chi connectivity index (χ2v) is 5.51. The Hall–Kier alpha value is -2.31. The van der Waals surface area contributed by atoms with E-state index in [2.05, 4.69) is 9.88 Å². The first-order chi connectivity index (χ1) is 11.2. The van der Waals surface area contributed by atoms with Gasteiger partial charge >= 0.3 is 0 Å². The van der Waals surface area contributed by atoms with Gasteiger partial charge in [0.2, 0.25) is 0 Å². The SMILES string of the molecule is Cl.NCc1cc(C(=O)N2CCN(c3ccccc3O)CC2)ccn1. The molecule has 1 fully saturated rings. The molecule has 1 amide bonds. The lowest BCUT2D eigenvalue weighted by Gasteiger charge is -2.36. The van der Waals surface area contributed by atoms with Crippen molar-refractivity contribution in [1.82, 2.24) is 9.88 Å². The molecule has 1 aliphatic rings. The average molecular weight is 349 g/mol. The lowest BCUT2D eigenvalue weighted by Crippen LogP contribution is -2.48. The highest BCUT2D eigenvalue weighted by Gasteiger charge is 2.23. The van der Waals surface area contributed by atoms with Gasteiger partial charge in [0.05, 0.1) is 11.4 Å². The Bertz CT molecular complexity index is 702. The van der Waals surface area contributed by atoms with E-state index in [1.807, 2.05) is 17.0 Å². The topological polar surface area (TPSA) is 82.7 Å². The zero-order chi connectivity index (χ0) is 16.2. The first kappa shape index (κ1) is 18.0. The molecular formula is C17H21ClN4O2. The molecule has 0 radical (unpaired) electrons. The van der Waals surface area contributed by atoms with Gasteiger partial charge in [0.25, 0.3) is 5.91 Å². The van der Waals surface area contributed by atoms with Gasteiger partial charge in [-0.3, -0.25) is 9.78 Å². The van der Waals surface area contributed by atoms with E-state index < -0.39 is 0 Å². The van der Waals surface area contributed by atoms with Crippen molar-refractivity contribution in [2.75, 3.05) is 31.1 Å². The summed E-state index contributed by atoms with van der Waals surface area (Å²) in [7, 11) is 0. The summed E-state index contributed by atoms with van der Waals surface area (Å²) < 4.78 is 0. The summed E-state index contributed by atoms with van der Waals surface area (Å²) in [5, 5.41) is 9.93. The highest BCUT2D eigenvalue weighted by molar-refractivity contribution is 5.94. The van der Waals surface area contributed by atoms with E-state index in [0.29, 0.717) is 44.0 Å². The van der Waals surface area contributed by atoms with Crippen LogP contribution >= 0.6 is 12.4 Å². The summed E-state index contributed by atoms with van der Waals surface area (Å²) in [6.07, 6.45) is 1.62. The molecule has 3 rings (SSSR count). The summed E-state index contributed by atoms with van der Waals surface area (Å²) in [6.45, 7) is 2.94. The number of aromatic hydroxyl groups is 1. The van der Waals surface area contributed by atoms with Crippen LogP contribution in [-0.2, 0) is 6.54 Å². The van der Waals surface area contributed by atoms with Crippen molar-refractivity contribution >= 4 is 24.0 Å². The maximum atomic E-state index is 12.6. The van der Waals surface area contributed by atoms with Crippen molar-refractivity contribution in [3.8, 4) is 5.75 Å². The van der Waals surface area contributed by atoms with Crippen molar-refractivity contribution < 1.29 is 9.90 Å².